The number of aliphatic hydroxyl groups is 1. The Balaban J connectivity index is 2.22. The topological polar surface area (TPSA) is 32.7 Å². The second-order valence-corrected chi connectivity index (χ2v) is 5.34. The summed E-state index contributed by atoms with van der Waals surface area (Å²) in [6.07, 6.45) is 0.419. The second kappa shape index (κ2) is 4.86. The van der Waals surface area contributed by atoms with Gasteiger partial charge < -0.3 is 9.84 Å². The zero-order chi connectivity index (χ0) is 13.3. The van der Waals surface area contributed by atoms with Gasteiger partial charge in [-0.2, -0.15) is 0 Å². The molecule has 1 aromatic rings. The van der Waals surface area contributed by atoms with Gasteiger partial charge >= 0.3 is 0 Å². The van der Waals surface area contributed by atoms with Crippen molar-refractivity contribution in [3.8, 4) is 5.75 Å². The van der Waals surface area contributed by atoms with Crippen LogP contribution in [0.3, 0.4) is 0 Å². The van der Waals surface area contributed by atoms with Gasteiger partial charge in [0, 0.05) is 24.2 Å². The first-order valence-corrected chi connectivity index (χ1v) is 6.20. The van der Waals surface area contributed by atoms with Crippen molar-refractivity contribution in [2.24, 2.45) is 0 Å². The van der Waals surface area contributed by atoms with Gasteiger partial charge in [-0.1, -0.05) is 0 Å². The summed E-state index contributed by atoms with van der Waals surface area (Å²) in [6.45, 7) is 5.42. The van der Waals surface area contributed by atoms with E-state index in [-0.39, 0.29) is 17.5 Å². The molecule has 1 heterocycles. The summed E-state index contributed by atoms with van der Waals surface area (Å²) in [6, 6.07) is 4.54. The van der Waals surface area contributed by atoms with Crippen LogP contribution in [-0.2, 0) is 6.54 Å². The average Bonchev–Trinajstić information content (AvgIpc) is 2.56. The molecule has 0 spiro atoms. The molecule has 1 aliphatic rings. The predicted molar refractivity (Wildman–Crippen MR) is 68.1 cm³/mol. The maximum absolute atomic E-state index is 13.3. The molecule has 0 bridgehead atoms. The number of likely N-dealkylation sites (tertiary alicyclic amines) is 1. The molecule has 0 amide bonds. The van der Waals surface area contributed by atoms with E-state index in [2.05, 4.69) is 4.90 Å². The van der Waals surface area contributed by atoms with E-state index in [9.17, 15) is 9.50 Å². The first-order chi connectivity index (χ1) is 8.45. The lowest BCUT2D eigenvalue weighted by Crippen LogP contribution is -2.44. The second-order valence-electron chi connectivity index (χ2n) is 5.34. The van der Waals surface area contributed by atoms with E-state index < -0.39 is 0 Å². The number of methoxy groups -OCH3 is 1. The smallest absolute Gasteiger partial charge is 0.123 e. The van der Waals surface area contributed by atoms with Crippen LogP contribution in [0.2, 0.25) is 0 Å². The lowest BCUT2D eigenvalue weighted by atomic mass is 9.98. The quantitative estimate of drug-likeness (QED) is 0.896. The number of aliphatic hydroxyl groups excluding tert-OH is 1. The van der Waals surface area contributed by atoms with Crippen LogP contribution in [-0.4, -0.2) is 35.3 Å². The van der Waals surface area contributed by atoms with Crippen LogP contribution in [0, 0.1) is 5.82 Å². The maximum atomic E-state index is 13.3. The van der Waals surface area contributed by atoms with Gasteiger partial charge in [-0.15, -0.1) is 0 Å². The third-order valence-corrected chi connectivity index (χ3v) is 3.91. The minimum atomic E-state index is -0.336. The Morgan fingerprint density at radius 3 is 2.78 bits per heavy atom. The van der Waals surface area contributed by atoms with Crippen molar-refractivity contribution in [2.45, 2.75) is 38.5 Å². The van der Waals surface area contributed by atoms with Gasteiger partial charge in [0.1, 0.15) is 11.6 Å². The Morgan fingerprint density at radius 1 is 1.50 bits per heavy atom. The largest absolute Gasteiger partial charge is 0.496 e. The summed E-state index contributed by atoms with van der Waals surface area (Å²) in [5.41, 5.74) is 0.539. The molecule has 1 unspecified atom stereocenters. The molecule has 1 atom stereocenters. The third-order valence-electron chi connectivity index (χ3n) is 3.91. The monoisotopic (exact) mass is 253 g/mol. The highest BCUT2D eigenvalue weighted by Crippen LogP contribution is 2.32. The lowest BCUT2D eigenvalue weighted by Gasteiger charge is -2.34. The minimum absolute atomic E-state index is 0.261. The predicted octanol–water partition coefficient (Wildman–Crippen LogP) is 2.18. The number of nitrogens with zero attached hydrogens (tertiary/aromatic N) is 1. The first-order valence-electron chi connectivity index (χ1n) is 6.20. The van der Waals surface area contributed by atoms with Crippen molar-refractivity contribution < 1.29 is 14.2 Å². The Bertz CT molecular complexity index is 434. The molecule has 1 N–H and O–H groups in total. The van der Waals surface area contributed by atoms with Crippen molar-refractivity contribution in [3.05, 3.63) is 29.6 Å². The number of hydrogen-bond donors (Lipinski definition) is 1. The Labute approximate surface area is 107 Å². The van der Waals surface area contributed by atoms with E-state index in [0.29, 0.717) is 12.3 Å². The van der Waals surface area contributed by atoms with E-state index in [1.807, 2.05) is 13.8 Å². The molecule has 1 fully saturated rings. The summed E-state index contributed by atoms with van der Waals surface area (Å²) in [4.78, 5) is 2.16. The Morgan fingerprint density at radius 2 is 2.22 bits per heavy atom. The van der Waals surface area contributed by atoms with Crippen LogP contribution < -0.4 is 4.74 Å². The van der Waals surface area contributed by atoms with Gasteiger partial charge in [-0.3, -0.25) is 4.90 Å². The van der Waals surface area contributed by atoms with Crippen molar-refractivity contribution in [1.29, 1.82) is 0 Å². The summed E-state index contributed by atoms with van der Waals surface area (Å²) in [5.74, 6) is 0.428. The summed E-state index contributed by atoms with van der Waals surface area (Å²) >= 11 is 0. The molecular weight excluding hydrogens is 233 g/mol. The van der Waals surface area contributed by atoms with Crippen LogP contribution in [0.25, 0.3) is 0 Å². The fourth-order valence-electron chi connectivity index (χ4n) is 2.49. The third kappa shape index (κ3) is 2.35. The van der Waals surface area contributed by atoms with E-state index in [1.165, 1.54) is 12.1 Å². The minimum Gasteiger partial charge on any atom is -0.496 e. The maximum Gasteiger partial charge on any atom is 0.123 e. The van der Waals surface area contributed by atoms with Gasteiger partial charge in [0.25, 0.3) is 0 Å². The van der Waals surface area contributed by atoms with Crippen LogP contribution in [0.1, 0.15) is 25.8 Å². The van der Waals surface area contributed by atoms with E-state index in [0.717, 1.165) is 18.5 Å². The Hall–Kier alpha value is -1.13. The normalized spacial score (nSPS) is 23.3. The molecule has 1 saturated heterocycles. The zero-order valence-electron chi connectivity index (χ0n) is 11.1. The fourth-order valence-corrected chi connectivity index (χ4v) is 2.49. The Kier molecular flexibility index (Phi) is 3.59. The van der Waals surface area contributed by atoms with Crippen LogP contribution in [0.5, 0.6) is 5.75 Å². The summed E-state index contributed by atoms with van der Waals surface area (Å²) in [7, 11) is 1.58. The van der Waals surface area contributed by atoms with Gasteiger partial charge in [0.15, 0.2) is 0 Å². The molecule has 0 radical (unpaired) electrons. The highest BCUT2D eigenvalue weighted by atomic mass is 19.1. The van der Waals surface area contributed by atoms with Crippen molar-refractivity contribution in [3.63, 3.8) is 0 Å². The molecule has 100 valence electrons. The summed E-state index contributed by atoms with van der Waals surface area (Å²) < 4.78 is 18.6. The molecular formula is C14H20FNO2. The molecule has 0 saturated carbocycles. The average molecular weight is 253 g/mol. The standard InChI is InChI=1S/C14H20FNO2/c1-14(2)13(17)6-7-16(14)9-10-8-11(15)4-5-12(10)18-3/h4-5,8,13,17H,6-7,9H2,1-3H3. The van der Waals surface area contributed by atoms with Gasteiger partial charge in [-0.05, 0) is 38.5 Å². The van der Waals surface area contributed by atoms with E-state index >= 15 is 0 Å². The molecule has 3 nitrogen and oxygen atoms in total. The molecule has 0 aliphatic carbocycles. The number of hydrogen-bond acceptors (Lipinski definition) is 3. The fraction of sp³-hybridized carbons (Fsp3) is 0.571. The number of ether oxygens (including phenoxy) is 1. The van der Waals surface area contributed by atoms with Crippen molar-refractivity contribution in [1.82, 2.24) is 4.90 Å². The SMILES string of the molecule is COc1ccc(F)cc1CN1CCC(O)C1(C)C. The van der Waals surface area contributed by atoms with Gasteiger partial charge in [0.2, 0.25) is 0 Å². The number of benzene rings is 1. The molecule has 1 aromatic carbocycles. The molecule has 18 heavy (non-hydrogen) atoms. The highest BCUT2D eigenvalue weighted by Gasteiger charge is 2.40. The molecule has 0 aromatic heterocycles. The zero-order valence-corrected chi connectivity index (χ0v) is 11.1. The first kappa shape index (κ1) is 13.3. The van der Waals surface area contributed by atoms with E-state index in [4.69, 9.17) is 4.74 Å². The number of halogens is 1. The van der Waals surface area contributed by atoms with Crippen LogP contribution >= 0.6 is 0 Å². The van der Waals surface area contributed by atoms with Crippen LogP contribution in [0.4, 0.5) is 4.39 Å². The van der Waals surface area contributed by atoms with Crippen molar-refractivity contribution >= 4 is 0 Å². The lowest BCUT2D eigenvalue weighted by molar-refractivity contribution is 0.0502. The van der Waals surface area contributed by atoms with Crippen LogP contribution in [0.15, 0.2) is 18.2 Å². The van der Waals surface area contributed by atoms with Gasteiger partial charge in [-0.25, -0.2) is 4.39 Å². The van der Waals surface area contributed by atoms with Crippen molar-refractivity contribution in [2.75, 3.05) is 13.7 Å². The highest BCUT2D eigenvalue weighted by molar-refractivity contribution is 5.34. The molecule has 4 heteroatoms. The molecule has 2 rings (SSSR count). The van der Waals surface area contributed by atoms with Gasteiger partial charge in [0.05, 0.1) is 13.2 Å². The molecule has 1 aliphatic heterocycles. The number of rotatable bonds is 3. The van der Waals surface area contributed by atoms with E-state index in [1.54, 1.807) is 13.2 Å². The summed E-state index contributed by atoms with van der Waals surface area (Å²) in [5, 5.41) is 9.94.